The molecule has 0 unspecified atom stereocenters. The molecule has 1 aromatic rings. The van der Waals surface area contributed by atoms with E-state index in [2.05, 4.69) is 8.91 Å². The first kappa shape index (κ1) is 22.4. The van der Waals surface area contributed by atoms with Gasteiger partial charge in [-0.1, -0.05) is 12.1 Å². The topological polar surface area (TPSA) is 92.8 Å². The third-order valence-corrected chi connectivity index (χ3v) is 4.97. The summed E-state index contributed by atoms with van der Waals surface area (Å²) in [6.07, 6.45) is 1.84. The number of hydrogen-bond donors (Lipinski definition) is 1. The van der Waals surface area contributed by atoms with E-state index >= 15 is 0 Å². The molecule has 0 saturated heterocycles. The first-order chi connectivity index (χ1) is 11.8. The first-order valence-corrected chi connectivity index (χ1v) is 10.2. The minimum absolute atomic E-state index is 0.257. The summed E-state index contributed by atoms with van der Waals surface area (Å²) in [6, 6.07) is 4.42. The Balaban J connectivity index is 2.68. The molecule has 0 bridgehead atoms. The fraction of sp³-hybridized carbons (Fsp3) is 0.429. The molecule has 0 heterocycles. The van der Waals surface area contributed by atoms with E-state index in [-0.39, 0.29) is 6.54 Å². The van der Waals surface area contributed by atoms with Gasteiger partial charge >= 0.3 is 15.6 Å². The van der Waals surface area contributed by atoms with Crippen LogP contribution in [0.4, 0.5) is 13.2 Å². The van der Waals surface area contributed by atoms with Gasteiger partial charge in [-0.15, -0.1) is 0 Å². The molecule has 0 aliphatic heterocycles. The monoisotopic (exact) mass is 416 g/mol. The molecule has 7 nitrogen and oxygen atoms in total. The Morgan fingerprint density at radius 1 is 1.12 bits per heavy atom. The smallest absolute Gasteiger partial charge is 0.376 e. The quantitative estimate of drug-likeness (QED) is 0.375. The molecule has 0 spiro atoms. The number of halogens is 3. The van der Waals surface area contributed by atoms with Crippen molar-refractivity contribution >= 4 is 26.2 Å². The van der Waals surface area contributed by atoms with E-state index in [4.69, 9.17) is 0 Å². The van der Waals surface area contributed by atoms with Gasteiger partial charge in [0.1, 0.15) is 5.75 Å². The predicted octanol–water partition coefficient (Wildman–Crippen LogP) is 1.76. The minimum atomic E-state index is -5.75. The van der Waals surface area contributed by atoms with Gasteiger partial charge in [0.05, 0.1) is 0 Å². The van der Waals surface area contributed by atoms with Crippen LogP contribution >= 0.6 is 0 Å². The van der Waals surface area contributed by atoms with E-state index in [0.29, 0.717) is 18.5 Å². The standard InChI is InChI=1S/C14H19F3N2O5S2/c1-19(2)10-3-9-18-25(20,21)11-8-12-4-6-13(7-5-12)24-26(22,23)14(15,16)17/h4-8,11,18H,3,9-10H2,1-2H3. The average molecular weight is 416 g/mol. The predicted molar refractivity (Wildman–Crippen MR) is 91.2 cm³/mol. The molecule has 0 aliphatic carbocycles. The van der Waals surface area contributed by atoms with Crippen molar-refractivity contribution in [2.24, 2.45) is 0 Å². The summed E-state index contributed by atoms with van der Waals surface area (Å²) in [5.74, 6) is -0.538. The van der Waals surface area contributed by atoms with Gasteiger partial charge in [0, 0.05) is 12.0 Å². The van der Waals surface area contributed by atoms with Crippen LogP contribution in [0.25, 0.3) is 6.08 Å². The highest BCUT2D eigenvalue weighted by Crippen LogP contribution is 2.27. The third kappa shape index (κ3) is 7.72. The van der Waals surface area contributed by atoms with Crippen molar-refractivity contribution in [2.75, 3.05) is 27.2 Å². The summed E-state index contributed by atoms with van der Waals surface area (Å²) in [4.78, 5) is 1.91. The van der Waals surface area contributed by atoms with E-state index in [1.807, 2.05) is 19.0 Å². The van der Waals surface area contributed by atoms with Crippen LogP contribution in [0.2, 0.25) is 0 Å². The summed E-state index contributed by atoms with van der Waals surface area (Å²) in [5, 5.41) is 0.908. The second kappa shape index (κ2) is 8.84. The van der Waals surface area contributed by atoms with Crippen molar-refractivity contribution in [3.05, 3.63) is 35.2 Å². The Morgan fingerprint density at radius 3 is 2.19 bits per heavy atom. The lowest BCUT2D eigenvalue weighted by Gasteiger charge is -2.09. The number of alkyl halides is 3. The summed E-state index contributed by atoms with van der Waals surface area (Å²) in [5.41, 5.74) is -5.20. The number of sulfonamides is 1. The molecule has 0 atom stereocenters. The van der Waals surface area contributed by atoms with E-state index in [1.165, 1.54) is 18.2 Å². The molecule has 1 rings (SSSR count). The highest BCUT2D eigenvalue weighted by Gasteiger charge is 2.48. The molecule has 0 radical (unpaired) electrons. The minimum Gasteiger partial charge on any atom is -0.376 e. The van der Waals surface area contributed by atoms with E-state index < -0.39 is 31.4 Å². The molecular weight excluding hydrogens is 397 g/mol. The highest BCUT2D eigenvalue weighted by atomic mass is 32.2. The zero-order valence-corrected chi connectivity index (χ0v) is 15.7. The van der Waals surface area contributed by atoms with E-state index in [1.54, 1.807) is 0 Å². The Labute approximate surface area is 150 Å². The van der Waals surface area contributed by atoms with Gasteiger partial charge in [0.2, 0.25) is 10.0 Å². The third-order valence-electron chi connectivity index (χ3n) is 2.89. The number of rotatable bonds is 9. The van der Waals surface area contributed by atoms with Gasteiger partial charge in [-0.3, -0.25) is 0 Å². The second-order valence-corrected chi connectivity index (χ2v) is 8.64. The molecule has 1 N–H and O–H groups in total. The molecular formula is C14H19F3N2O5S2. The van der Waals surface area contributed by atoms with Crippen LogP contribution in [0.1, 0.15) is 12.0 Å². The first-order valence-electron chi connectivity index (χ1n) is 7.26. The lowest BCUT2D eigenvalue weighted by molar-refractivity contribution is -0.0500. The normalized spacial score (nSPS) is 13.5. The maximum Gasteiger partial charge on any atom is 0.534 e. The van der Waals surface area contributed by atoms with Gasteiger partial charge in [-0.2, -0.15) is 21.6 Å². The van der Waals surface area contributed by atoms with Gasteiger partial charge < -0.3 is 9.08 Å². The Morgan fingerprint density at radius 2 is 1.69 bits per heavy atom. The van der Waals surface area contributed by atoms with Crippen molar-refractivity contribution < 1.29 is 34.2 Å². The zero-order valence-electron chi connectivity index (χ0n) is 14.0. The summed E-state index contributed by atoms with van der Waals surface area (Å²) < 4.78 is 88.3. The van der Waals surface area contributed by atoms with Crippen LogP contribution in [0.15, 0.2) is 29.7 Å². The van der Waals surface area contributed by atoms with Crippen LogP contribution in [0.5, 0.6) is 5.75 Å². The van der Waals surface area contributed by atoms with Gasteiger partial charge in [0.25, 0.3) is 0 Å². The average Bonchev–Trinajstić information content (AvgIpc) is 2.49. The van der Waals surface area contributed by atoms with Crippen LogP contribution in [-0.4, -0.2) is 54.4 Å². The largest absolute Gasteiger partial charge is 0.534 e. The second-order valence-electron chi connectivity index (χ2n) is 5.45. The number of nitrogens with zero attached hydrogens (tertiary/aromatic N) is 1. The van der Waals surface area contributed by atoms with E-state index in [9.17, 15) is 30.0 Å². The fourth-order valence-electron chi connectivity index (χ4n) is 1.63. The molecule has 0 saturated carbocycles. The zero-order chi connectivity index (χ0) is 20.0. The van der Waals surface area contributed by atoms with Gasteiger partial charge in [-0.05, 0) is 50.8 Å². The molecule has 0 amide bonds. The Kier molecular flexibility index (Phi) is 7.62. The Bertz CT molecular complexity index is 817. The molecule has 12 heteroatoms. The van der Waals surface area contributed by atoms with Crippen molar-refractivity contribution in [1.82, 2.24) is 9.62 Å². The summed E-state index contributed by atoms with van der Waals surface area (Å²) >= 11 is 0. The summed E-state index contributed by atoms with van der Waals surface area (Å²) in [7, 11) is -5.68. The molecule has 148 valence electrons. The maximum atomic E-state index is 12.2. The van der Waals surface area contributed by atoms with Crippen LogP contribution < -0.4 is 8.91 Å². The fourth-order valence-corrected chi connectivity index (χ4v) is 2.95. The SMILES string of the molecule is CN(C)CCCNS(=O)(=O)C=Cc1ccc(OS(=O)(=O)C(F)(F)F)cc1. The maximum absolute atomic E-state index is 12.2. The number of benzene rings is 1. The van der Waals surface area contributed by atoms with Gasteiger partial charge in [-0.25, -0.2) is 13.1 Å². The van der Waals surface area contributed by atoms with Crippen molar-refractivity contribution in [3.8, 4) is 5.75 Å². The number of hydrogen-bond acceptors (Lipinski definition) is 6. The van der Waals surface area contributed by atoms with Gasteiger partial charge in [0.15, 0.2) is 0 Å². The van der Waals surface area contributed by atoms with Crippen LogP contribution in [-0.2, 0) is 20.1 Å². The Hall–Kier alpha value is -1.63. The van der Waals surface area contributed by atoms with Crippen molar-refractivity contribution in [2.45, 2.75) is 11.9 Å². The summed E-state index contributed by atoms with van der Waals surface area (Å²) in [6.45, 7) is 0.974. The molecule has 1 aromatic carbocycles. The highest BCUT2D eigenvalue weighted by molar-refractivity contribution is 7.92. The molecule has 0 fully saturated rings. The van der Waals surface area contributed by atoms with Crippen LogP contribution in [0.3, 0.4) is 0 Å². The molecule has 26 heavy (non-hydrogen) atoms. The number of nitrogens with one attached hydrogen (secondary N) is 1. The van der Waals surface area contributed by atoms with Crippen molar-refractivity contribution in [3.63, 3.8) is 0 Å². The van der Waals surface area contributed by atoms with Crippen LogP contribution in [0, 0.1) is 0 Å². The van der Waals surface area contributed by atoms with E-state index in [0.717, 1.165) is 17.5 Å². The lowest BCUT2D eigenvalue weighted by atomic mass is 10.2. The molecule has 0 aromatic heterocycles. The lowest BCUT2D eigenvalue weighted by Crippen LogP contribution is -2.28. The van der Waals surface area contributed by atoms with Crippen molar-refractivity contribution in [1.29, 1.82) is 0 Å². The molecule has 0 aliphatic rings.